The molecule has 0 spiro atoms. The molecule has 9 heteroatoms. The molecule has 2 unspecified atom stereocenters. The van der Waals surface area contributed by atoms with E-state index in [1.165, 1.54) is 0 Å². The van der Waals surface area contributed by atoms with E-state index in [0.717, 1.165) is 0 Å². The van der Waals surface area contributed by atoms with Crippen LogP contribution < -0.4 is 0 Å². The summed E-state index contributed by atoms with van der Waals surface area (Å²) >= 11 is 2.34. The van der Waals surface area contributed by atoms with Gasteiger partial charge < -0.3 is 5.11 Å². The van der Waals surface area contributed by atoms with Crippen LogP contribution in [-0.4, -0.2) is 28.1 Å². The summed E-state index contributed by atoms with van der Waals surface area (Å²) in [6, 6.07) is 0. The maximum absolute atomic E-state index is 13.7. The number of carboxylic acid groups (broad SMARTS) is 1. The van der Waals surface area contributed by atoms with Crippen LogP contribution in [0.25, 0.3) is 0 Å². The molecular formula is C8H4BrF5O3. The number of rotatable bonds is 2. The zero-order chi connectivity index (χ0) is 13.4. The van der Waals surface area contributed by atoms with Crippen molar-refractivity contribution in [1.29, 1.82) is 0 Å². The van der Waals surface area contributed by atoms with E-state index in [2.05, 4.69) is 20.7 Å². The Morgan fingerprint density at radius 3 is 2.41 bits per heavy atom. The summed E-state index contributed by atoms with van der Waals surface area (Å²) in [5, 5.41) is 8.57. The molecule has 1 aliphatic rings. The number of ether oxygens (including phenoxy) is 1. The number of alkyl halides is 5. The molecule has 0 saturated carbocycles. The Morgan fingerprint density at radius 1 is 1.47 bits per heavy atom. The first kappa shape index (κ1) is 14.1. The normalized spacial score (nSPS) is 29.6. The molecule has 0 aromatic heterocycles. The number of aliphatic carboxylic acids is 1. The van der Waals surface area contributed by atoms with Gasteiger partial charge in [-0.1, -0.05) is 15.9 Å². The number of carboxylic acids is 1. The van der Waals surface area contributed by atoms with E-state index >= 15 is 0 Å². The van der Waals surface area contributed by atoms with Gasteiger partial charge in [0.2, 0.25) is 0 Å². The minimum atomic E-state index is -5.45. The monoisotopic (exact) mass is 322 g/mol. The molecule has 1 rings (SSSR count). The first-order valence-corrected chi connectivity index (χ1v) is 4.90. The third kappa shape index (κ3) is 2.83. The number of hydrogen-bond acceptors (Lipinski definition) is 2. The molecule has 1 N–H and O–H groups in total. The lowest BCUT2D eigenvalue weighted by molar-refractivity contribution is -0.384. The second kappa shape index (κ2) is 4.37. The fourth-order valence-corrected chi connectivity index (χ4v) is 1.79. The molecule has 0 aliphatic heterocycles. The molecule has 3 nitrogen and oxygen atoms in total. The third-order valence-corrected chi connectivity index (χ3v) is 2.93. The number of allylic oxidation sites excluding steroid dienone is 2. The highest BCUT2D eigenvalue weighted by Crippen LogP contribution is 2.43. The van der Waals surface area contributed by atoms with Crippen molar-refractivity contribution in [2.24, 2.45) is 0 Å². The zero-order valence-electron chi connectivity index (χ0n) is 7.76. The van der Waals surface area contributed by atoms with Crippen molar-refractivity contribution >= 4 is 21.9 Å². The SMILES string of the molecule is O=C(O)C1=CC=C(F)C(F)(OC(F)(F)F)C1Br. The van der Waals surface area contributed by atoms with Crippen molar-refractivity contribution < 1.29 is 36.6 Å². The van der Waals surface area contributed by atoms with Crippen molar-refractivity contribution in [2.45, 2.75) is 17.0 Å². The number of halogens is 6. The third-order valence-electron chi connectivity index (χ3n) is 1.85. The minimum absolute atomic E-state index is 0.271. The first-order chi connectivity index (χ1) is 7.58. The Labute approximate surface area is 99.7 Å². The Morgan fingerprint density at radius 2 is 2.00 bits per heavy atom. The van der Waals surface area contributed by atoms with Gasteiger partial charge in [-0.3, -0.25) is 0 Å². The molecule has 0 aromatic carbocycles. The summed E-state index contributed by atoms with van der Waals surface area (Å²) in [5.41, 5.74) is -0.793. The van der Waals surface area contributed by atoms with Crippen molar-refractivity contribution in [3.05, 3.63) is 23.6 Å². The van der Waals surface area contributed by atoms with E-state index in [4.69, 9.17) is 5.11 Å². The van der Waals surface area contributed by atoms with E-state index in [9.17, 15) is 26.7 Å². The van der Waals surface area contributed by atoms with Gasteiger partial charge in [0.25, 0.3) is 5.85 Å². The predicted molar refractivity (Wildman–Crippen MR) is 48.6 cm³/mol. The second-order valence-electron chi connectivity index (χ2n) is 3.00. The van der Waals surface area contributed by atoms with Crippen LogP contribution in [0.5, 0.6) is 0 Å². The largest absolute Gasteiger partial charge is 0.525 e. The lowest BCUT2D eigenvalue weighted by Crippen LogP contribution is -2.45. The highest BCUT2D eigenvalue weighted by molar-refractivity contribution is 9.09. The molecule has 0 bridgehead atoms. The summed E-state index contributed by atoms with van der Waals surface area (Å²) in [6.45, 7) is 0. The van der Waals surface area contributed by atoms with Crippen LogP contribution in [0.15, 0.2) is 23.6 Å². The highest BCUT2D eigenvalue weighted by Gasteiger charge is 2.55. The zero-order valence-corrected chi connectivity index (χ0v) is 9.35. The molecule has 2 atom stereocenters. The van der Waals surface area contributed by atoms with Crippen LogP contribution in [0.2, 0.25) is 0 Å². The predicted octanol–water partition coefficient (Wildman–Crippen LogP) is 2.83. The van der Waals surface area contributed by atoms with Gasteiger partial charge in [-0.15, -0.1) is 13.2 Å². The maximum atomic E-state index is 13.7. The van der Waals surface area contributed by atoms with E-state index < -0.39 is 34.4 Å². The van der Waals surface area contributed by atoms with Crippen molar-refractivity contribution in [2.75, 3.05) is 0 Å². The van der Waals surface area contributed by atoms with Crippen molar-refractivity contribution in [3.63, 3.8) is 0 Å². The van der Waals surface area contributed by atoms with E-state index in [1.54, 1.807) is 0 Å². The minimum Gasteiger partial charge on any atom is -0.478 e. The topological polar surface area (TPSA) is 46.5 Å². The van der Waals surface area contributed by atoms with Gasteiger partial charge in [0.15, 0.2) is 5.83 Å². The van der Waals surface area contributed by atoms with Gasteiger partial charge in [0.05, 0.1) is 5.57 Å². The quantitative estimate of drug-likeness (QED) is 0.628. The van der Waals surface area contributed by atoms with E-state index in [-0.39, 0.29) is 6.08 Å². The van der Waals surface area contributed by atoms with Gasteiger partial charge >= 0.3 is 12.3 Å². The van der Waals surface area contributed by atoms with Gasteiger partial charge in [-0.25, -0.2) is 18.3 Å². The fraction of sp³-hybridized carbons (Fsp3) is 0.375. The molecule has 0 radical (unpaired) electrons. The average molecular weight is 323 g/mol. The summed E-state index contributed by atoms with van der Waals surface area (Å²) in [7, 11) is 0. The van der Waals surface area contributed by atoms with E-state index in [0.29, 0.717) is 6.08 Å². The molecule has 0 saturated heterocycles. The van der Waals surface area contributed by atoms with Gasteiger partial charge in [-0.05, 0) is 12.2 Å². The maximum Gasteiger partial charge on any atom is 0.525 e. The van der Waals surface area contributed by atoms with Crippen LogP contribution in [0.4, 0.5) is 22.0 Å². The summed E-state index contributed by atoms with van der Waals surface area (Å²) in [5.74, 6) is -7.49. The number of carbonyl (C=O) groups is 1. The Bertz CT molecular complexity index is 402. The molecule has 17 heavy (non-hydrogen) atoms. The van der Waals surface area contributed by atoms with Gasteiger partial charge in [-0.2, -0.15) is 0 Å². The molecule has 0 heterocycles. The summed E-state index contributed by atoms with van der Waals surface area (Å²) in [4.78, 5) is 8.46. The van der Waals surface area contributed by atoms with E-state index in [1.807, 2.05) is 0 Å². The molecule has 1 aliphatic carbocycles. The molecule has 0 amide bonds. The smallest absolute Gasteiger partial charge is 0.478 e. The summed E-state index contributed by atoms with van der Waals surface area (Å²) in [6.07, 6.45) is -4.53. The standard InChI is InChI=1S/C8H4BrF5O3/c9-5-3(6(15)16)1-2-4(10)7(5,11)17-8(12,13)14/h1-2,5H,(H,15,16). The average Bonchev–Trinajstić information content (AvgIpc) is 2.11. The molecule has 0 fully saturated rings. The molecular weight excluding hydrogens is 319 g/mol. The second-order valence-corrected chi connectivity index (χ2v) is 3.91. The van der Waals surface area contributed by atoms with Crippen LogP contribution >= 0.6 is 15.9 Å². The van der Waals surface area contributed by atoms with Crippen LogP contribution in [0.1, 0.15) is 0 Å². The van der Waals surface area contributed by atoms with Gasteiger partial charge in [0, 0.05) is 0 Å². The first-order valence-electron chi connectivity index (χ1n) is 3.99. The Hall–Kier alpha value is -0.960. The Balaban J connectivity index is 3.14. The fourth-order valence-electron chi connectivity index (χ4n) is 1.13. The van der Waals surface area contributed by atoms with Crippen LogP contribution in [0, 0.1) is 0 Å². The van der Waals surface area contributed by atoms with Crippen LogP contribution in [0.3, 0.4) is 0 Å². The number of hydrogen-bond donors (Lipinski definition) is 1. The molecule has 0 aromatic rings. The molecule has 96 valence electrons. The lowest BCUT2D eigenvalue weighted by Gasteiger charge is -2.31. The van der Waals surface area contributed by atoms with Gasteiger partial charge in [0.1, 0.15) is 4.83 Å². The highest BCUT2D eigenvalue weighted by atomic mass is 79.9. The van der Waals surface area contributed by atoms with Crippen LogP contribution in [-0.2, 0) is 9.53 Å². The van der Waals surface area contributed by atoms with Crippen molar-refractivity contribution in [1.82, 2.24) is 0 Å². The lowest BCUT2D eigenvalue weighted by atomic mass is 9.99. The Kier molecular flexibility index (Phi) is 3.63. The summed E-state index contributed by atoms with van der Waals surface area (Å²) < 4.78 is 65.5. The van der Waals surface area contributed by atoms with Crippen molar-refractivity contribution in [3.8, 4) is 0 Å².